The van der Waals surface area contributed by atoms with Crippen molar-refractivity contribution in [3.05, 3.63) is 102 Å². The van der Waals surface area contributed by atoms with E-state index in [2.05, 4.69) is 26.6 Å². The summed E-state index contributed by atoms with van der Waals surface area (Å²) in [6.07, 6.45) is 1.86. The topological polar surface area (TPSA) is 158 Å². The van der Waals surface area contributed by atoms with Gasteiger partial charge in [0.2, 0.25) is 17.7 Å². The maximum absolute atomic E-state index is 14.5. The van der Waals surface area contributed by atoms with Crippen molar-refractivity contribution in [3.63, 3.8) is 0 Å². The lowest BCUT2D eigenvalue weighted by atomic mass is 9.92. The van der Waals surface area contributed by atoms with Crippen molar-refractivity contribution in [2.24, 2.45) is 23.7 Å². The molecule has 3 aromatic rings. The van der Waals surface area contributed by atoms with Crippen LogP contribution in [0.15, 0.2) is 91.0 Å². The van der Waals surface area contributed by atoms with Gasteiger partial charge in [-0.1, -0.05) is 107 Å². The maximum atomic E-state index is 14.5. The average Bonchev–Trinajstić information content (AvgIpc) is 4.09. The predicted molar refractivity (Wildman–Crippen MR) is 206 cm³/mol. The number of Topliss-reactive ketones (excluding diaryl/α,β-unsaturated/α-hetero) is 1. The van der Waals surface area contributed by atoms with Crippen LogP contribution in [0.5, 0.6) is 0 Å². The normalized spacial score (nSPS) is 26.2. The fraction of sp³-hybridized carbons (Fsp3) is 0.465. The van der Waals surface area contributed by atoms with Crippen LogP contribution in [0.25, 0.3) is 0 Å². The molecule has 11 heteroatoms. The standard InChI is InChI=1S/C43H53N5O6/c1-27(2)32-24-42(32,38(51)41(5)26-54-41)47-37(50)35(23-30-17-11-7-12-18-30)45-39(52)43(25-33(43)28(3)4)48-36(49)34(22-21-29-15-9-6-10-16-29)46-40(53)44-31-19-13-8-14-20-31/h6-20,27-28,32-35H,21-26H2,1-5H3,(H,45,52)(H,47,50)(H,48,49)(H2,44,46,53)/t32-,33-,34-,35-,41+,42?,43?/m0/s1. The predicted octanol–water partition coefficient (Wildman–Crippen LogP) is 4.96. The fourth-order valence-corrected chi connectivity index (χ4v) is 7.85. The first-order valence-electron chi connectivity index (χ1n) is 19.1. The number of aryl methyl sites for hydroxylation is 1. The van der Waals surface area contributed by atoms with Gasteiger partial charge >= 0.3 is 6.03 Å². The maximum Gasteiger partial charge on any atom is 0.319 e. The van der Waals surface area contributed by atoms with E-state index in [0.29, 0.717) is 31.6 Å². The highest BCUT2D eigenvalue weighted by Gasteiger charge is 2.69. The third-order valence-corrected chi connectivity index (χ3v) is 11.3. The summed E-state index contributed by atoms with van der Waals surface area (Å²) >= 11 is 0. The van der Waals surface area contributed by atoms with Gasteiger partial charge in [-0.15, -0.1) is 0 Å². The minimum Gasteiger partial charge on any atom is -0.361 e. The van der Waals surface area contributed by atoms with Crippen LogP contribution in [-0.4, -0.2) is 64.9 Å². The van der Waals surface area contributed by atoms with Gasteiger partial charge in [-0.2, -0.15) is 0 Å². The minimum atomic E-state index is -1.30. The Bertz CT molecular complexity index is 1830. The number of nitrogens with one attached hydrogen (secondary N) is 5. The number of urea groups is 1. The number of benzene rings is 3. The number of amides is 5. The number of epoxide rings is 1. The molecule has 11 nitrogen and oxygen atoms in total. The smallest absolute Gasteiger partial charge is 0.319 e. The molecule has 286 valence electrons. The second-order valence-electron chi connectivity index (χ2n) is 16.1. The van der Waals surface area contributed by atoms with Crippen molar-refractivity contribution in [3.8, 4) is 0 Å². The molecule has 3 aliphatic rings. The van der Waals surface area contributed by atoms with Crippen molar-refractivity contribution in [2.75, 3.05) is 11.9 Å². The van der Waals surface area contributed by atoms with Crippen molar-refractivity contribution >= 4 is 35.2 Å². The molecule has 2 unspecified atom stereocenters. The summed E-state index contributed by atoms with van der Waals surface area (Å²) in [7, 11) is 0. The van der Waals surface area contributed by atoms with Gasteiger partial charge in [0.05, 0.1) is 6.61 Å². The molecule has 6 rings (SSSR count). The number of anilines is 1. The first-order valence-corrected chi connectivity index (χ1v) is 19.1. The lowest BCUT2D eigenvalue weighted by Crippen LogP contribution is -2.61. The molecule has 3 aromatic carbocycles. The fourth-order valence-electron chi connectivity index (χ4n) is 7.85. The van der Waals surface area contributed by atoms with Gasteiger partial charge in [0, 0.05) is 12.1 Å². The van der Waals surface area contributed by atoms with Gasteiger partial charge in [0.1, 0.15) is 28.8 Å². The number of ether oxygens (including phenoxy) is 1. The van der Waals surface area contributed by atoms with Crippen LogP contribution in [-0.2, 0) is 36.8 Å². The van der Waals surface area contributed by atoms with E-state index in [0.717, 1.165) is 11.1 Å². The van der Waals surface area contributed by atoms with Crippen molar-refractivity contribution in [2.45, 2.75) is 95.5 Å². The summed E-state index contributed by atoms with van der Waals surface area (Å²) in [5, 5.41) is 14.8. The van der Waals surface area contributed by atoms with Gasteiger partial charge < -0.3 is 31.3 Å². The van der Waals surface area contributed by atoms with Crippen LogP contribution in [0.2, 0.25) is 0 Å². The SMILES string of the molecule is CC(C)[C@@H]1CC1(NC(=O)[C@H](CCc1ccccc1)NC(=O)Nc1ccccc1)C(=O)N[C@@H](Cc1ccccc1)C(=O)NC1(C(=O)[C@@]2(C)CO2)C[C@H]1C(C)C. The zero-order chi connectivity index (χ0) is 38.7. The highest BCUT2D eigenvalue weighted by molar-refractivity contribution is 6.05. The largest absolute Gasteiger partial charge is 0.361 e. The highest BCUT2D eigenvalue weighted by atomic mass is 16.6. The van der Waals surface area contributed by atoms with Crippen LogP contribution >= 0.6 is 0 Å². The molecule has 0 radical (unpaired) electrons. The molecule has 0 aromatic heterocycles. The molecule has 0 bridgehead atoms. The Morgan fingerprint density at radius 3 is 1.72 bits per heavy atom. The molecule has 3 fully saturated rings. The van der Waals surface area contributed by atoms with Gasteiger partial charge in [-0.3, -0.25) is 19.2 Å². The van der Waals surface area contributed by atoms with Crippen molar-refractivity contribution in [1.82, 2.24) is 21.3 Å². The van der Waals surface area contributed by atoms with Crippen molar-refractivity contribution < 1.29 is 28.7 Å². The molecular weight excluding hydrogens is 683 g/mol. The highest BCUT2D eigenvalue weighted by Crippen LogP contribution is 2.53. The molecule has 2 saturated carbocycles. The van der Waals surface area contributed by atoms with Crippen LogP contribution in [0.3, 0.4) is 0 Å². The molecule has 5 N–H and O–H groups in total. The van der Waals surface area contributed by atoms with E-state index in [1.54, 1.807) is 31.2 Å². The second kappa shape index (κ2) is 15.8. The number of carbonyl (C=O) groups is 5. The summed E-state index contributed by atoms with van der Waals surface area (Å²) in [5.74, 6) is -1.64. The van der Waals surface area contributed by atoms with E-state index in [1.807, 2.05) is 94.4 Å². The number of para-hydroxylation sites is 1. The summed E-state index contributed by atoms with van der Waals surface area (Å²) in [6.45, 7) is 10.1. The molecule has 54 heavy (non-hydrogen) atoms. The molecule has 1 saturated heterocycles. The van der Waals surface area contributed by atoms with Crippen LogP contribution in [0.4, 0.5) is 10.5 Å². The molecule has 1 heterocycles. The number of rotatable bonds is 17. The molecule has 0 spiro atoms. The molecule has 7 atom stereocenters. The average molecular weight is 736 g/mol. The quantitative estimate of drug-likeness (QED) is 0.124. The summed E-state index contributed by atoms with van der Waals surface area (Å²) in [5.41, 5.74) is -0.887. The Morgan fingerprint density at radius 2 is 1.19 bits per heavy atom. The van der Waals surface area contributed by atoms with E-state index in [9.17, 15) is 24.0 Å². The summed E-state index contributed by atoms with van der Waals surface area (Å²) < 4.78 is 5.51. The van der Waals surface area contributed by atoms with E-state index in [1.165, 1.54) is 0 Å². The Balaban J connectivity index is 1.22. The lowest BCUT2D eigenvalue weighted by molar-refractivity contribution is -0.136. The van der Waals surface area contributed by atoms with Gasteiger partial charge in [-0.25, -0.2) is 4.79 Å². The number of hydrogen-bond donors (Lipinski definition) is 5. The van der Waals surface area contributed by atoms with E-state index in [-0.39, 0.29) is 42.3 Å². The third kappa shape index (κ3) is 8.67. The van der Waals surface area contributed by atoms with E-state index >= 15 is 0 Å². The Hall–Kier alpha value is -5.03. The third-order valence-electron chi connectivity index (χ3n) is 11.3. The number of hydrogen-bond acceptors (Lipinski definition) is 6. The summed E-state index contributed by atoms with van der Waals surface area (Å²) in [6, 6.07) is 25.5. The molecule has 1 aliphatic heterocycles. The minimum absolute atomic E-state index is 0.0352. The van der Waals surface area contributed by atoms with E-state index < -0.39 is 52.5 Å². The number of ketones is 1. The lowest BCUT2D eigenvalue weighted by Gasteiger charge is -2.29. The zero-order valence-corrected chi connectivity index (χ0v) is 31.8. The second-order valence-corrected chi connectivity index (χ2v) is 16.1. The van der Waals surface area contributed by atoms with Gasteiger partial charge in [-0.05, 0) is 79.5 Å². The monoisotopic (exact) mass is 735 g/mol. The van der Waals surface area contributed by atoms with Crippen LogP contribution in [0.1, 0.15) is 65.0 Å². The van der Waals surface area contributed by atoms with Crippen LogP contribution < -0.4 is 26.6 Å². The van der Waals surface area contributed by atoms with Crippen molar-refractivity contribution in [1.29, 1.82) is 0 Å². The Labute approximate surface area is 317 Å². The first-order chi connectivity index (χ1) is 25.8. The van der Waals surface area contributed by atoms with Gasteiger partial charge in [0.25, 0.3) is 0 Å². The van der Waals surface area contributed by atoms with Gasteiger partial charge in [0.15, 0.2) is 5.78 Å². The zero-order valence-electron chi connectivity index (χ0n) is 31.8. The Morgan fingerprint density at radius 1 is 0.685 bits per heavy atom. The number of carbonyl (C=O) groups excluding carboxylic acids is 5. The first kappa shape index (κ1) is 38.7. The van der Waals surface area contributed by atoms with E-state index in [4.69, 9.17) is 4.74 Å². The summed E-state index contributed by atoms with van der Waals surface area (Å²) in [4.78, 5) is 69.9. The molecule has 5 amide bonds. The Kier molecular flexibility index (Phi) is 11.3. The molecular formula is C43H53N5O6. The molecule has 2 aliphatic carbocycles. The van der Waals surface area contributed by atoms with Crippen LogP contribution in [0, 0.1) is 23.7 Å².